The molecule has 1 aromatic carbocycles. The summed E-state index contributed by atoms with van der Waals surface area (Å²) in [5.74, 6) is 0.524. The van der Waals surface area contributed by atoms with Crippen molar-refractivity contribution >= 4 is 27.7 Å². The second-order valence-corrected chi connectivity index (χ2v) is 4.62. The number of benzene rings is 1. The van der Waals surface area contributed by atoms with Crippen LogP contribution >= 0.6 is 15.9 Å². The standard InChI is InChI=1S/C13H12BrN3O2/c1-15-12-10(13(18)19-2)7-16-11(17-12)8-3-5-9(14)6-4-8/h3-7H,1-2H3,(H,15,16,17). The number of carbonyl (C=O) groups excluding carboxylic acids is 1. The van der Waals surface area contributed by atoms with Gasteiger partial charge >= 0.3 is 5.97 Å². The zero-order chi connectivity index (χ0) is 13.8. The molecule has 19 heavy (non-hydrogen) atoms. The van der Waals surface area contributed by atoms with Gasteiger partial charge in [-0.2, -0.15) is 0 Å². The third-order valence-electron chi connectivity index (χ3n) is 2.53. The summed E-state index contributed by atoms with van der Waals surface area (Å²) >= 11 is 3.37. The quantitative estimate of drug-likeness (QED) is 0.880. The number of hydrogen-bond donors (Lipinski definition) is 1. The third kappa shape index (κ3) is 2.90. The molecule has 0 radical (unpaired) electrons. The van der Waals surface area contributed by atoms with Crippen LogP contribution in [0, 0.1) is 0 Å². The van der Waals surface area contributed by atoms with Crippen LogP contribution in [0.15, 0.2) is 34.9 Å². The van der Waals surface area contributed by atoms with Crippen molar-refractivity contribution in [1.29, 1.82) is 0 Å². The molecule has 0 spiro atoms. The predicted octanol–water partition coefficient (Wildman–Crippen LogP) is 2.73. The Bertz CT molecular complexity index is 599. The Labute approximate surface area is 119 Å². The number of ether oxygens (including phenoxy) is 1. The highest BCUT2D eigenvalue weighted by molar-refractivity contribution is 9.10. The largest absolute Gasteiger partial charge is 0.465 e. The average Bonchev–Trinajstić information content (AvgIpc) is 2.46. The fraction of sp³-hybridized carbons (Fsp3) is 0.154. The molecule has 5 nitrogen and oxygen atoms in total. The molecule has 0 fully saturated rings. The van der Waals surface area contributed by atoms with Crippen molar-refractivity contribution in [3.05, 3.63) is 40.5 Å². The summed E-state index contributed by atoms with van der Waals surface area (Å²) in [5.41, 5.74) is 1.18. The Morgan fingerprint density at radius 3 is 2.58 bits per heavy atom. The van der Waals surface area contributed by atoms with Gasteiger partial charge in [0.15, 0.2) is 5.82 Å². The molecule has 6 heteroatoms. The first-order valence-corrected chi connectivity index (χ1v) is 6.34. The fourth-order valence-corrected chi connectivity index (χ4v) is 1.83. The van der Waals surface area contributed by atoms with Crippen molar-refractivity contribution in [2.24, 2.45) is 0 Å². The van der Waals surface area contributed by atoms with Crippen LogP contribution < -0.4 is 5.32 Å². The number of methoxy groups -OCH3 is 1. The predicted molar refractivity (Wildman–Crippen MR) is 76.1 cm³/mol. The highest BCUT2D eigenvalue weighted by Gasteiger charge is 2.14. The van der Waals surface area contributed by atoms with Gasteiger partial charge in [0.2, 0.25) is 0 Å². The number of esters is 1. The van der Waals surface area contributed by atoms with Gasteiger partial charge in [-0.05, 0) is 12.1 Å². The lowest BCUT2D eigenvalue weighted by Gasteiger charge is -2.08. The van der Waals surface area contributed by atoms with Gasteiger partial charge in [0.05, 0.1) is 7.11 Å². The molecule has 1 heterocycles. The van der Waals surface area contributed by atoms with E-state index in [1.54, 1.807) is 7.05 Å². The molecule has 2 rings (SSSR count). The van der Waals surface area contributed by atoms with Gasteiger partial charge in [0, 0.05) is 23.3 Å². The summed E-state index contributed by atoms with van der Waals surface area (Å²) in [4.78, 5) is 20.0. The van der Waals surface area contributed by atoms with E-state index in [-0.39, 0.29) is 0 Å². The molecular formula is C13H12BrN3O2. The minimum atomic E-state index is -0.466. The molecule has 1 aromatic heterocycles. The van der Waals surface area contributed by atoms with Gasteiger partial charge < -0.3 is 10.1 Å². The summed E-state index contributed by atoms with van der Waals surface area (Å²) in [5, 5.41) is 2.87. The topological polar surface area (TPSA) is 64.1 Å². The van der Waals surface area contributed by atoms with Crippen LogP contribution in [0.25, 0.3) is 11.4 Å². The number of hydrogen-bond acceptors (Lipinski definition) is 5. The molecule has 0 saturated heterocycles. The number of nitrogens with one attached hydrogen (secondary N) is 1. The van der Waals surface area contributed by atoms with Gasteiger partial charge in [-0.3, -0.25) is 0 Å². The van der Waals surface area contributed by atoms with Crippen molar-refractivity contribution in [1.82, 2.24) is 9.97 Å². The van der Waals surface area contributed by atoms with Gasteiger partial charge in [0.1, 0.15) is 11.4 Å². The lowest BCUT2D eigenvalue weighted by atomic mass is 10.2. The van der Waals surface area contributed by atoms with Crippen molar-refractivity contribution < 1.29 is 9.53 Å². The summed E-state index contributed by atoms with van der Waals surface area (Å²) in [6.45, 7) is 0. The second-order valence-electron chi connectivity index (χ2n) is 3.70. The lowest BCUT2D eigenvalue weighted by Crippen LogP contribution is -2.09. The van der Waals surface area contributed by atoms with Crippen LogP contribution in [0.4, 0.5) is 5.82 Å². The normalized spacial score (nSPS) is 10.1. The number of halogens is 1. The molecule has 0 unspecified atom stereocenters. The van der Waals surface area contributed by atoms with Crippen molar-refractivity contribution in [2.45, 2.75) is 0 Å². The molecule has 2 aromatic rings. The van der Waals surface area contributed by atoms with E-state index < -0.39 is 5.97 Å². The molecule has 0 aliphatic rings. The Balaban J connectivity index is 2.44. The van der Waals surface area contributed by atoms with Gasteiger partial charge in [-0.15, -0.1) is 0 Å². The minimum Gasteiger partial charge on any atom is -0.465 e. The molecule has 1 N–H and O–H groups in total. The maximum Gasteiger partial charge on any atom is 0.343 e. The summed E-state index contributed by atoms with van der Waals surface area (Å²) in [6.07, 6.45) is 1.46. The molecule has 0 bridgehead atoms. The highest BCUT2D eigenvalue weighted by atomic mass is 79.9. The number of anilines is 1. The second kappa shape index (κ2) is 5.79. The van der Waals surface area contributed by atoms with E-state index in [4.69, 9.17) is 0 Å². The third-order valence-corrected chi connectivity index (χ3v) is 3.06. The van der Waals surface area contributed by atoms with E-state index in [0.717, 1.165) is 10.0 Å². The van der Waals surface area contributed by atoms with Crippen LogP contribution in [0.3, 0.4) is 0 Å². The Kier molecular flexibility index (Phi) is 4.11. The number of aromatic nitrogens is 2. The zero-order valence-electron chi connectivity index (χ0n) is 10.5. The number of carbonyl (C=O) groups is 1. The minimum absolute atomic E-state index is 0.311. The van der Waals surface area contributed by atoms with E-state index in [1.807, 2.05) is 24.3 Å². The van der Waals surface area contributed by atoms with E-state index >= 15 is 0 Å². The summed E-state index contributed by atoms with van der Waals surface area (Å²) in [7, 11) is 3.02. The number of nitrogens with zero attached hydrogens (tertiary/aromatic N) is 2. The number of rotatable bonds is 3. The van der Waals surface area contributed by atoms with Crippen molar-refractivity contribution in [2.75, 3.05) is 19.5 Å². The smallest absolute Gasteiger partial charge is 0.343 e. The summed E-state index contributed by atoms with van der Waals surface area (Å²) in [6, 6.07) is 7.62. The summed E-state index contributed by atoms with van der Waals surface area (Å²) < 4.78 is 5.66. The van der Waals surface area contributed by atoms with E-state index in [9.17, 15) is 4.79 Å². The molecule has 0 aliphatic carbocycles. The van der Waals surface area contributed by atoms with Crippen molar-refractivity contribution in [3.8, 4) is 11.4 Å². The molecule has 0 atom stereocenters. The van der Waals surface area contributed by atoms with Crippen LogP contribution in [0.2, 0.25) is 0 Å². The monoisotopic (exact) mass is 321 g/mol. The van der Waals surface area contributed by atoms with Gasteiger partial charge in [-0.1, -0.05) is 28.1 Å². The molecule has 98 valence electrons. The SMILES string of the molecule is CNc1nc(-c2ccc(Br)cc2)ncc1C(=O)OC. The molecule has 0 aliphatic heterocycles. The van der Waals surface area contributed by atoms with Crippen LogP contribution in [0.5, 0.6) is 0 Å². The molecule has 0 saturated carbocycles. The van der Waals surface area contributed by atoms with Gasteiger partial charge in [0.25, 0.3) is 0 Å². The fourth-order valence-electron chi connectivity index (χ4n) is 1.57. The molecular weight excluding hydrogens is 310 g/mol. The van der Waals surface area contributed by atoms with Crippen LogP contribution in [-0.4, -0.2) is 30.1 Å². The lowest BCUT2D eigenvalue weighted by molar-refractivity contribution is 0.0601. The Morgan fingerprint density at radius 2 is 2.00 bits per heavy atom. The maximum atomic E-state index is 11.5. The van der Waals surface area contributed by atoms with Crippen molar-refractivity contribution in [3.63, 3.8) is 0 Å². The van der Waals surface area contributed by atoms with E-state index in [2.05, 4.69) is 36.0 Å². The van der Waals surface area contributed by atoms with Crippen LogP contribution in [-0.2, 0) is 4.74 Å². The zero-order valence-corrected chi connectivity index (χ0v) is 12.1. The van der Waals surface area contributed by atoms with E-state index in [1.165, 1.54) is 13.3 Å². The van der Waals surface area contributed by atoms with Crippen LogP contribution in [0.1, 0.15) is 10.4 Å². The molecule has 0 amide bonds. The first-order valence-electron chi connectivity index (χ1n) is 5.54. The highest BCUT2D eigenvalue weighted by Crippen LogP contribution is 2.21. The first kappa shape index (κ1) is 13.5. The van der Waals surface area contributed by atoms with Gasteiger partial charge in [-0.25, -0.2) is 14.8 Å². The first-order chi connectivity index (χ1) is 9.15. The van der Waals surface area contributed by atoms with E-state index in [0.29, 0.717) is 17.2 Å². The maximum absolute atomic E-state index is 11.5. The Morgan fingerprint density at radius 1 is 1.32 bits per heavy atom. The average molecular weight is 322 g/mol. The Hall–Kier alpha value is -1.95.